The lowest BCUT2D eigenvalue weighted by molar-refractivity contribution is 0.100. The van der Waals surface area contributed by atoms with Crippen LogP contribution in [0.25, 0.3) is 0 Å². The molecule has 5 rings (SSSR count). The number of nitrogens with two attached hydrogens (primary N) is 1. The maximum absolute atomic E-state index is 12.1. The third kappa shape index (κ3) is 5.33. The number of aromatic nitrogens is 2. The van der Waals surface area contributed by atoms with Gasteiger partial charge in [0.25, 0.3) is 5.91 Å². The minimum atomic E-state index is -0.509. The van der Waals surface area contributed by atoms with Gasteiger partial charge in [-0.25, -0.2) is 9.97 Å². The Hall–Kier alpha value is -4.32. The van der Waals surface area contributed by atoms with Crippen LogP contribution in [0.5, 0.6) is 0 Å². The van der Waals surface area contributed by atoms with Gasteiger partial charge in [0.05, 0.1) is 16.8 Å². The van der Waals surface area contributed by atoms with Gasteiger partial charge >= 0.3 is 0 Å². The van der Waals surface area contributed by atoms with Gasteiger partial charge in [-0.3, -0.25) is 4.79 Å². The molecule has 2 fully saturated rings. The van der Waals surface area contributed by atoms with Crippen LogP contribution in [-0.2, 0) is 0 Å². The van der Waals surface area contributed by atoms with E-state index in [2.05, 4.69) is 60.7 Å². The molecule has 0 radical (unpaired) electrons. The van der Waals surface area contributed by atoms with Gasteiger partial charge in [-0.2, -0.15) is 5.26 Å². The highest BCUT2D eigenvalue weighted by molar-refractivity contribution is 5.98. The summed E-state index contributed by atoms with van der Waals surface area (Å²) in [5.74, 6) is 1.01. The van der Waals surface area contributed by atoms with Crippen molar-refractivity contribution in [2.45, 2.75) is 31.7 Å². The Morgan fingerprint density at radius 1 is 0.972 bits per heavy atom. The first kappa shape index (κ1) is 23.4. The second-order valence-electron chi connectivity index (χ2n) is 9.27. The average molecular weight is 483 g/mol. The molecule has 1 amide bonds. The number of hydrogen-bond acceptors (Lipinski definition) is 8. The molecule has 0 aliphatic carbocycles. The highest BCUT2D eigenvalue weighted by Crippen LogP contribution is 2.27. The predicted octanol–water partition coefficient (Wildman–Crippen LogP) is 3.87. The van der Waals surface area contributed by atoms with Crippen LogP contribution in [0.3, 0.4) is 0 Å². The van der Waals surface area contributed by atoms with E-state index in [1.165, 1.54) is 24.7 Å². The van der Waals surface area contributed by atoms with Crippen molar-refractivity contribution >= 4 is 34.6 Å². The Labute approximate surface area is 211 Å². The Balaban J connectivity index is 1.24. The summed E-state index contributed by atoms with van der Waals surface area (Å²) in [6, 6.07) is 16.2. The van der Waals surface area contributed by atoms with E-state index >= 15 is 0 Å². The van der Waals surface area contributed by atoms with Crippen molar-refractivity contribution in [3.8, 4) is 6.07 Å². The van der Waals surface area contributed by atoms with Gasteiger partial charge in [0.1, 0.15) is 17.7 Å². The zero-order valence-electron chi connectivity index (χ0n) is 20.2. The molecule has 4 N–H and O–H groups in total. The standard InChI is InChI=1S/C27H30N8O/c28-16-19-3-8-26(31-17-19)35-13-9-21(10-14-35)32-24-15-25(30-18-23(24)27(29)36)33-20-4-6-22(7-5-20)34-11-1-2-12-34/h3-8,15,17-18,21H,1-2,9-14H2,(H2,29,36)(H2,30,32,33). The van der Waals surface area contributed by atoms with Crippen LogP contribution in [0.4, 0.5) is 28.7 Å². The van der Waals surface area contributed by atoms with Gasteiger partial charge in [0, 0.05) is 62.1 Å². The molecule has 9 nitrogen and oxygen atoms in total. The van der Waals surface area contributed by atoms with Crippen LogP contribution >= 0.6 is 0 Å². The molecule has 0 spiro atoms. The summed E-state index contributed by atoms with van der Waals surface area (Å²) in [5.41, 5.74) is 9.42. The lowest BCUT2D eigenvalue weighted by Gasteiger charge is -2.34. The fourth-order valence-electron chi connectivity index (χ4n) is 4.83. The van der Waals surface area contributed by atoms with Crippen LogP contribution in [-0.4, -0.2) is 48.1 Å². The zero-order chi connectivity index (χ0) is 24.9. The van der Waals surface area contributed by atoms with Gasteiger partial charge in [0.2, 0.25) is 0 Å². The Bertz CT molecular complexity index is 1240. The van der Waals surface area contributed by atoms with E-state index in [9.17, 15) is 4.79 Å². The number of carbonyl (C=O) groups excluding carboxylic acids is 1. The molecule has 36 heavy (non-hydrogen) atoms. The third-order valence-corrected chi connectivity index (χ3v) is 6.84. The minimum Gasteiger partial charge on any atom is -0.381 e. The van der Waals surface area contributed by atoms with E-state index in [1.807, 2.05) is 12.1 Å². The number of hydrogen-bond donors (Lipinski definition) is 3. The predicted molar refractivity (Wildman–Crippen MR) is 142 cm³/mol. The fourth-order valence-corrected chi connectivity index (χ4v) is 4.83. The first-order valence-electron chi connectivity index (χ1n) is 12.4. The molecule has 2 aliphatic rings. The van der Waals surface area contributed by atoms with E-state index in [1.54, 1.807) is 12.3 Å². The molecule has 2 aliphatic heterocycles. The van der Waals surface area contributed by atoms with Gasteiger partial charge in [-0.05, 0) is 62.1 Å². The molecular weight excluding hydrogens is 452 g/mol. The normalized spacial score (nSPS) is 16.0. The summed E-state index contributed by atoms with van der Waals surface area (Å²) in [6.07, 6.45) is 7.38. The molecule has 0 atom stereocenters. The molecule has 4 heterocycles. The summed E-state index contributed by atoms with van der Waals surface area (Å²) in [6.45, 7) is 3.87. The van der Waals surface area contributed by atoms with Crippen molar-refractivity contribution in [1.82, 2.24) is 9.97 Å². The third-order valence-electron chi connectivity index (χ3n) is 6.84. The molecular formula is C27H30N8O. The topological polar surface area (TPSA) is 123 Å². The number of nitrogens with one attached hydrogen (secondary N) is 2. The molecule has 2 aromatic heterocycles. The maximum atomic E-state index is 12.1. The van der Waals surface area contributed by atoms with Crippen LogP contribution < -0.4 is 26.2 Å². The van der Waals surface area contributed by atoms with Gasteiger partial charge in [-0.15, -0.1) is 0 Å². The van der Waals surface area contributed by atoms with Gasteiger partial charge in [0.15, 0.2) is 0 Å². The van der Waals surface area contributed by atoms with Crippen molar-refractivity contribution in [2.75, 3.05) is 46.6 Å². The number of anilines is 5. The van der Waals surface area contributed by atoms with E-state index in [0.717, 1.165) is 50.5 Å². The lowest BCUT2D eigenvalue weighted by atomic mass is 10.0. The first-order valence-corrected chi connectivity index (χ1v) is 12.4. The highest BCUT2D eigenvalue weighted by Gasteiger charge is 2.22. The number of pyridine rings is 2. The molecule has 1 aromatic carbocycles. The number of piperidine rings is 1. The number of carbonyl (C=O) groups is 1. The zero-order valence-corrected chi connectivity index (χ0v) is 20.2. The minimum absolute atomic E-state index is 0.188. The molecule has 184 valence electrons. The summed E-state index contributed by atoms with van der Waals surface area (Å²) in [7, 11) is 0. The summed E-state index contributed by atoms with van der Waals surface area (Å²) >= 11 is 0. The van der Waals surface area contributed by atoms with Crippen molar-refractivity contribution in [1.29, 1.82) is 5.26 Å². The van der Waals surface area contributed by atoms with E-state index in [4.69, 9.17) is 11.0 Å². The largest absolute Gasteiger partial charge is 0.381 e. The number of benzene rings is 1. The monoisotopic (exact) mass is 482 g/mol. The Morgan fingerprint density at radius 3 is 2.36 bits per heavy atom. The number of rotatable bonds is 7. The van der Waals surface area contributed by atoms with E-state index in [0.29, 0.717) is 22.6 Å². The smallest absolute Gasteiger partial charge is 0.252 e. The van der Waals surface area contributed by atoms with E-state index < -0.39 is 5.91 Å². The molecule has 9 heteroatoms. The highest BCUT2D eigenvalue weighted by atomic mass is 16.1. The Kier molecular flexibility index (Phi) is 6.85. The van der Waals surface area contributed by atoms with Crippen LogP contribution in [0.2, 0.25) is 0 Å². The van der Waals surface area contributed by atoms with Gasteiger partial charge in [-0.1, -0.05) is 0 Å². The molecule has 3 aromatic rings. The quantitative estimate of drug-likeness (QED) is 0.464. The summed E-state index contributed by atoms with van der Waals surface area (Å²) in [4.78, 5) is 25.5. The van der Waals surface area contributed by atoms with Crippen LogP contribution in [0.1, 0.15) is 41.6 Å². The molecule has 0 bridgehead atoms. The number of amides is 1. The average Bonchev–Trinajstić information content (AvgIpc) is 3.45. The molecule has 0 unspecified atom stereocenters. The van der Waals surface area contributed by atoms with Crippen LogP contribution in [0.15, 0.2) is 54.9 Å². The SMILES string of the molecule is N#Cc1ccc(N2CCC(Nc3cc(Nc4ccc(N5CCCC5)cc4)ncc3C(N)=O)CC2)nc1. The lowest BCUT2D eigenvalue weighted by Crippen LogP contribution is -2.39. The number of nitrogens with zero attached hydrogens (tertiary/aromatic N) is 5. The van der Waals surface area contributed by atoms with E-state index in [-0.39, 0.29) is 6.04 Å². The van der Waals surface area contributed by atoms with Crippen LogP contribution in [0, 0.1) is 11.3 Å². The van der Waals surface area contributed by atoms with Gasteiger partial charge < -0.3 is 26.2 Å². The van der Waals surface area contributed by atoms with Crippen molar-refractivity contribution in [2.24, 2.45) is 5.73 Å². The molecule has 2 saturated heterocycles. The second kappa shape index (κ2) is 10.5. The van der Waals surface area contributed by atoms with Crippen molar-refractivity contribution < 1.29 is 4.79 Å². The summed E-state index contributed by atoms with van der Waals surface area (Å²) < 4.78 is 0. The second-order valence-corrected chi connectivity index (χ2v) is 9.27. The summed E-state index contributed by atoms with van der Waals surface area (Å²) in [5, 5.41) is 15.8. The molecule has 0 saturated carbocycles. The maximum Gasteiger partial charge on any atom is 0.252 e. The van der Waals surface area contributed by atoms with Crippen molar-refractivity contribution in [3.05, 3.63) is 66.0 Å². The number of nitriles is 1. The van der Waals surface area contributed by atoms with Crippen molar-refractivity contribution in [3.63, 3.8) is 0 Å². The first-order chi connectivity index (χ1) is 17.6. The Morgan fingerprint density at radius 2 is 1.72 bits per heavy atom. The number of primary amides is 1. The fraction of sp³-hybridized carbons (Fsp3) is 0.333.